The van der Waals surface area contributed by atoms with E-state index in [2.05, 4.69) is 35.8 Å². The van der Waals surface area contributed by atoms with Gasteiger partial charge < -0.3 is 5.73 Å². The normalized spacial score (nSPS) is 11.4. The third-order valence-corrected chi connectivity index (χ3v) is 5.41. The summed E-state index contributed by atoms with van der Waals surface area (Å²) < 4.78 is 5.98. The number of fused-ring (bicyclic) bond motifs is 1. The first kappa shape index (κ1) is 18.6. The molecule has 0 bridgehead atoms. The van der Waals surface area contributed by atoms with Crippen molar-refractivity contribution in [2.24, 2.45) is 5.10 Å². The van der Waals surface area contributed by atoms with E-state index >= 15 is 0 Å². The molecule has 0 radical (unpaired) electrons. The zero-order valence-corrected chi connectivity index (χ0v) is 16.7. The maximum absolute atomic E-state index is 12.9. The third kappa shape index (κ3) is 3.42. The summed E-state index contributed by atoms with van der Waals surface area (Å²) in [5, 5.41) is 23.4. The number of benzene rings is 2. The van der Waals surface area contributed by atoms with Crippen LogP contribution < -0.4 is 11.2 Å². The van der Waals surface area contributed by atoms with Gasteiger partial charge in [0, 0.05) is 5.56 Å². The van der Waals surface area contributed by atoms with E-state index in [-0.39, 0.29) is 17.3 Å². The average molecular weight is 430 g/mol. The molecule has 0 fully saturated rings. The molecule has 0 aliphatic carbocycles. The molecule has 5 rings (SSSR count). The Labute approximate surface area is 179 Å². The molecule has 0 saturated heterocycles. The highest BCUT2D eigenvalue weighted by molar-refractivity contribution is 7.13. The van der Waals surface area contributed by atoms with Gasteiger partial charge in [0.2, 0.25) is 11.6 Å². The van der Waals surface area contributed by atoms with E-state index in [1.54, 1.807) is 6.21 Å². The van der Waals surface area contributed by atoms with Crippen LogP contribution in [0.25, 0.3) is 27.2 Å². The predicted molar refractivity (Wildman–Crippen MR) is 116 cm³/mol. The molecule has 0 aliphatic heterocycles. The molecule has 2 aromatic carbocycles. The smallest absolute Gasteiger partial charge is 0.294 e. The number of hydrogen-bond acceptors (Lipinski definition) is 9. The van der Waals surface area contributed by atoms with Crippen molar-refractivity contribution in [1.82, 2.24) is 30.7 Å². The Morgan fingerprint density at radius 2 is 2.00 bits per heavy atom. The first-order valence-corrected chi connectivity index (χ1v) is 9.99. The minimum atomic E-state index is -0.527. The summed E-state index contributed by atoms with van der Waals surface area (Å²) in [5.74, 6) is -0.348. The Morgan fingerprint density at radius 3 is 2.81 bits per heavy atom. The summed E-state index contributed by atoms with van der Waals surface area (Å²) in [4.78, 5) is 13.6. The molecule has 0 spiro atoms. The summed E-state index contributed by atoms with van der Waals surface area (Å²) in [6.45, 7) is 0. The first-order chi connectivity index (χ1) is 15.2. The lowest BCUT2D eigenvalue weighted by atomic mass is 10.1. The number of aromatic nitrogens is 5. The number of anilines is 1. The second-order valence-electron chi connectivity index (χ2n) is 6.42. The van der Waals surface area contributed by atoms with Gasteiger partial charge in [-0.2, -0.15) is 9.78 Å². The minimum absolute atomic E-state index is 0.0311. The summed E-state index contributed by atoms with van der Waals surface area (Å²) in [6.07, 6.45) is 1.59. The van der Waals surface area contributed by atoms with Gasteiger partial charge >= 0.3 is 0 Å². The molecule has 3 heterocycles. The molecular weight excluding hydrogens is 416 g/mol. The number of amides is 1. The molecular formula is C20H14N8O2S. The van der Waals surface area contributed by atoms with Crippen LogP contribution in [0.3, 0.4) is 0 Å². The molecule has 152 valence electrons. The Bertz CT molecular complexity index is 1400. The number of nitrogens with zero attached hydrogens (tertiary/aromatic N) is 6. The summed E-state index contributed by atoms with van der Waals surface area (Å²) >= 11 is 1.41. The van der Waals surface area contributed by atoms with Gasteiger partial charge in [0.15, 0.2) is 5.69 Å². The summed E-state index contributed by atoms with van der Waals surface area (Å²) in [6, 6.07) is 17.5. The van der Waals surface area contributed by atoms with Gasteiger partial charge in [-0.1, -0.05) is 53.7 Å². The molecule has 5 aromatic rings. The van der Waals surface area contributed by atoms with E-state index in [9.17, 15) is 4.79 Å². The van der Waals surface area contributed by atoms with Crippen LogP contribution >= 0.6 is 11.3 Å². The van der Waals surface area contributed by atoms with Crippen LogP contribution in [0, 0.1) is 0 Å². The number of hydrazone groups is 1. The van der Waals surface area contributed by atoms with E-state index < -0.39 is 5.91 Å². The highest BCUT2D eigenvalue weighted by Gasteiger charge is 2.25. The minimum Gasteiger partial charge on any atom is -0.378 e. The number of nitrogens with one attached hydrogen (secondary N) is 1. The molecule has 3 N–H and O–H groups in total. The molecule has 10 nitrogen and oxygen atoms in total. The van der Waals surface area contributed by atoms with Gasteiger partial charge in [0.1, 0.15) is 5.69 Å². The van der Waals surface area contributed by atoms with E-state index in [4.69, 9.17) is 5.73 Å². The Balaban J connectivity index is 1.46. The van der Waals surface area contributed by atoms with Gasteiger partial charge in [-0.05, 0) is 32.5 Å². The SMILES string of the molecule is Nc1nonc1-n1nnc(C(=O)N/N=C/c2cccc3ccccc23)c1-c1cccs1. The monoisotopic (exact) mass is 430 g/mol. The van der Waals surface area contributed by atoms with Crippen molar-refractivity contribution in [3.63, 3.8) is 0 Å². The topological polar surface area (TPSA) is 137 Å². The van der Waals surface area contributed by atoms with E-state index in [1.807, 2.05) is 60.0 Å². The van der Waals surface area contributed by atoms with Crippen LogP contribution in [-0.2, 0) is 0 Å². The van der Waals surface area contributed by atoms with Crippen molar-refractivity contribution >= 4 is 40.0 Å². The van der Waals surface area contributed by atoms with Crippen LogP contribution in [0.5, 0.6) is 0 Å². The van der Waals surface area contributed by atoms with E-state index in [0.29, 0.717) is 5.69 Å². The highest BCUT2D eigenvalue weighted by Crippen LogP contribution is 2.29. The van der Waals surface area contributed by atoms with Gasteiger partial charge in [0.05, 0.1) is 11.1 Å². The van der Waals surface area contributed by atoms with Crippen molar-refractivity contribution in [1.29, 1.82) is 0 Å². The zero-order chi connectivity index (χ0) is 21.2. The highest BCUT2D eigenvalue weighted by atomic mass is 32.1. The summed E-state index contributed by atoms with van der Waals surface area (Å²) in [5.41, 5.74) is 9.67. The molecule has 1 amide bonds. The van der Waals surface area contributed by atoms with Crippen molar-refractivity contribution < 1.29 is 9.42 Å². The zero-order valence-electron chi connectivity index (χ0n) is 15.8. The Kier molecular flexibility index (Phi) is 4.69. The number of nitrogen functional groups attached to an aromatic ring is 1. The molecule has 0 unspecified atom stereocenters. The van der Waals surface area contributed by atoms with Crippen LogP contribution in [0.15, 0.2) is 69.7 Å². The molecule has 0 aliphatic rings. The number of hydrogen-bond donors (Lipinski definition) is 2. The van der Waals surface area contributed by atoms with Crippen molar-refractivity contribution in [2.45, 2.75) is 0 Å². The molecule has 0 saturated carbocycles. The Hall–Kier alpha value is -4.38. The molecule has 3 aromatic heterocycles. The van der Waals surface area contributed by atoms with Crippen molar-refractivity contribution in [2.75, 3.05) is 5.73 Å². The second kappa shape index (κ2) is 7.80. The largest absolute Gasteiger partial charge is 0.378 e. The van der Waals surface area contributed by atoms with E-state index in [0.717, 1.165) is 21.2 Å². The number of carbonyl (C=O) groups is 1. The number of nitrogens with two attached hydrogens (primary N) is 1. The average Bonchev–Trinajstić information content (AvgIpc) is 3.54. The second-order valence-corrected chi connectivity index (χ2v) is 7.36. The van der Waals surface area contributed by atoms with Gasteiger partial charge in [-0.3, -0.25) is 4.79 Å². The third-order valence-electron chi connectivity index (χ3n) is 4.53. The van der Waals surface area contributed by atoms with Crippen LogP contribution in [0.4, 0.5) is 5.82 Å². The summed E-state index contributed by atoms with van der Waals surface area (Å²) in [7, 11) is 0. The van der Waals surface area contributed by atoms with Crippen molar-refractivity contribution in [3.8, 4) is 16.4 Å². The predicted octanol–water partition coefficient (Wildman–Crippen LogP) is 2.88. The standard InChI is InChI=1S/C20H14N8O2S/c21-18-19(26-30-25-18)28-17(15-9-4-10-31-15)16(23-27-28)20(29)24-22-11-13-7-3-6-12-5-1-2-8-14(12)13/h1-11H,(H2,21,25)(H,24,29)/b22-11+. The van der Waals surface area contributed by atoms with Crippen molar-refractivity contribution in [3.05, 3.63) is 71.2 Å². The van der Waals surface area contributed by atoms with Gasteiger partial charge in [0.25, 0.3) is 5.91 Å². The Morgan fingerprint density at radius 1 is 1.13 bits per heavy atom. The fraction of sp³-hybridized carbons (Fsp3) is 0. The number of thiophene rings is 1. The van der Waals surface area contributed by atoms with Crippen LogP contribution in [-0.4, -0.2) is 37.4 Å². The van der Waals surface area contributed by atoms with Gasteiger partial charge in [-0.15, -0.1) is 16.4 Å². The maximum Gasteiger partial charge on any atom is 0.294 e. The van der Waals surface area contributed by atoms with Crippen LogP contribution in [0.1, 0.15) is 16.1 Å². The molecule has 0 atom stereocenters. The number of carbonyl (C=O) groups excluding carboxylic acids is 1. The fourth-order valence-electron chi connectivity index (χ4n) is 3.13. The first-order valence-electron chi connectivity index (χ1n) is 9.11. The molecule has 11 heteroatoms. The quantitative estimate of drug-likeness (QED) is 0.323. The maximum atomic E-state index is 12.9. The van der Waals surface area contributed by atoms with Gasteiger partial charge in [-0.25, -0.2) is 10.1 Å². The molecule has 31 heavy (non-hydrogen) atoms. The van der Waals surface area contributed by atoms with E-state index in [1.165, 1.54) is 16.0 Å². The number of rotatable bonds is 5. The van der Waals surface area contributed by atoms with Crippen LogP contribution in [0.2, 0.25) is 0 Å². The lowest BCUT2D eigenvalue weighted by molar-refractivity contribution is 0.0951. The lowest BCUT2D eigenvalue weighted by Crippen LogP contribution is -2.19. The lowest BCUT2D eigenvalue weighted by Gasteiger charge is -2.03. The fourth-order valence-corrected chi connectivity index (χ4v) is 3.89.